The quantitative estimate of drug-likeness (QED) is 0.661. The molecule has 0 spiro atoms. The van der Waals surface area contributed by atoms with E-state index < -0.39 is 0 Å². The highest BCUT2D eigenvalue weighted by Crippen LogP contribution is 2.42. The van der Waals surface area contributed by atoms with E-state index in [0.717, 1.165) is 12.8 Å². The molecule has 0 atom stereocenters. The molecule has 0 unspecified atom stereocenters. The van der Waals surface area contributed by atoms with Crippen LogP contribution in [0.25, 0.3) is 0 Å². The first-order chi connectivity index (χ1) is 5.97. The zero-order valence-corrected chi connectivity index (χ0v) is 9.98. The predicted molar refractivity (Wildman–Crippen MR) is 58.8 cm³/mol. The zero-order chi connectivity index (χ0) is 10.5. The number of aliphatic hydroxyl groups is 1. The minimum atomic E-state index is -0.366. The van der Waals surface area contributed by atoms with Crippen LogP contribution in [0.4, 0.5) is 0 Å². The Labute approximate surface area is 83.5 Å². The average molecular weight is 186 g/mol. The SMILES string of the molecule is CC.CCC1(C)CCC(C)(O)CC1. The molecule has 1 saturated carbocycles. The zero-order valence-electron chi connectivity index (χ0n) is 9.98. The number of rotatable bonds is 1. The van der Waals surface area contributed by atoms with Crippen LogP contribution in [0.1, 0.15) is 66.7 Å². The fourth-order valence-electron chi connectivity index (χ4n) is 1.75. The molecule has 1 rings (SSSR count). The van der Waals surface area contributed by atoms with Crippen LogP contribution in [0, 0.1) is 5.41 Å². The first-order valence-corrected chi connectivity index (χ1v) is 5.70. The summed E-state index contributed by atoms with van der Waals surface area (Å²) in [5.74, 6) is 0. The van der Waals surface area contributed by atoms with Gasteiger partial charge < -0.3 is 5.11 Å². The summed E-state index contributed by atoms with van der Waals surface area (Å²) in [6.45, 7) is 10.5. The van der Waals surface area contributed by atoms with Crippen LogP contribution in [0.15, 0.2) is 0 Å². The predicted octanol–water partition coefficient (Wildman–Crippen LogP) is 3.75. The highest BCUT2D eigenvalue weighted by atomic mass is 16.3. The highest BCUT2D eigenvalue weighted by molar-refractivity contribution is 4.87. The summed E-state index contributed by atoms with van der Waals surface area (Å²) in [5, 5.41) is 9.70. The lowest BCUT2D eigenvalue weighted by molar-refractivity contribution is -0.0154. The second-order valence-electron chi connectivity index (χ2n) is 4.66. The Morgan fingerprint density at radius 3 is 1.69 bits per heavy atom. The largest absolute Gasteiger partial charge is 0.390 e. The van der Waals surface area contributed by atoms with E-state index in [2.05, 4.69) is 13.8 Å². The van der Waals surface area contributed by atoms with Crippen molar-refractivity contribution >= 4 is 0 Å². The highest BCUT2D eigenvalue weighted by Gasteiger charge is 2.34. The third kappa shape index (κ3) is 4.12. The first kappa shape index (κ1) is 13.0. The van der Waals surface area contributed by atoms with Crippen LogP contribution >= 0.6 is 0 Å². The molecule has 0 aromatic heterocycles. The molecule has 0 bridgehead atoms. The van der Waals surface area contributed by atoms with Gasteiger partial charge in [0.05, 0.1) is 5.60 Å². The van der Waals surface area contributed by atoms with Crippen molar-refractivity contribution in [2.24, 2.45) is 5.41 Å². The van der Waals surface area contributed by atoms with E-state index in [4.69, 9.17) is 0 Å². The van der Waals surface area contributed by atoms with Gasteiger partial charge in [-0.2, -0.15) is 0 Å². The Morgan fingerprint density at radius 1 is 1.00 bits per heavy atom. The fourth-order valence-corrected chi connectivity index (χ4v) is 1.75. The Morgan fingerprint density at radius 2 is 1.38 bits per heavy atom. The van der Waals surface area contributed by atoms with Gasteiger partial charge in [0, 0.05) is 0 Å². The molecule has 1 aliphatic carbocycles. The summed E-state index contributed by atoms with van der Waals surface area (Å²) >= 11 is 0. The topological polar surface area (TPSA) is 20.2 Å². The van der Waals surface area contributed by atoms with Crippen LogP contribution in [0.2, 0.25) is 0 Å². The van der Waals surface area contributed by atoms with Gasteiger partial charge in [0.25, 0.3) is 0 Å². The molecule has 0 aromatic carbocycles. The summed E-state index contributed by atoms with van der Waals surface area (Å²) in [7, 11) is 0. The molecule has 0 heterocycles. The normalized spacial score (nSPS) is 39.2. The molecule has 1 aliphatic rings. The van der Waals surface area contributed by atoms with Crippen molar-refractivity contribution in [3.8, 4) is 0 Å². The van der Waals surface area contributed by atoms with E-state index in [0.29, 0.717) is 5.41 Å². The maximum absolute atomic E-state index is 9.70. The molecule has 0 saturated heterocycles. The van der Waals surface area contributed by atoms with Gasteiger partial charge in [-0.15, -0.1) is 0 Å². The Bertz CT molecular complexity index is 128. The summed E-state index contributed by atoms with van der Waals surface area (Å²) < 4.78 is 0. The third-order valence-electron chi connectivity index (χ3n) is 3.39. The van der Waals surface area contributed by atoms with Crippen LogP contribution < -0.4 is 0 Å². The van der Waals surface area contributed by atoms with E-state index in [9.17, 15) is 5.11 Å². The van der Waals surface area contributed by atoms with Crippen molar-refractivity contribution in [3.05, 3.63) is 0 Å². The van der Waals surface area contributed by atoms with Crippen molar-refractivity contribution in [1.82, 2.24) is 0 Å². The van der Waals surface area contributed by atoms with E-state index in [-0.39, 0.29) is 5.60 Å². The van der Waals surface area contributed by atoms with Gasteiger partial charge in [-0.1, -0.05) is 34.1 Å². The maximum atomic E-state index is 9.70. The summed E-state index contributed by atoms with van der Waals surface area (Å²) in [6.07, 6.45) is 5.60. The average Bonchev–Trinajstić information content (AvgIpc) is 2.14. The monoisotopic (exact) mass is 186 g/mol. The smallest absolute Gasteiger partial charge is 0.0620 e. The maximum Gasteiger partial charge on any atom is 0.0620 e. The van der Waals surface area contributed by atoms with Crippen molar-refractivity contribution in [2.75, 3.05) is 0 Å². The molecular formula is C12H26O. The molecule has 1 fully saturated rings. The van der Waals surface area contributed by atoms with Crippen molar-refractivity contribution in [3.63, 3.8) is 0 Å². The molecule has 13 heavy (non-hydrogen) atoms. The number of hydrogen-bond donors (Lipinski definition) is 1. The van der Waals surface area contributed by atoms with Gasteiger partial charge in [0.2, 0.25) is 0 Å². The lowest BCUT2D eigenvalue weighted by Crippen LogP contribution is -2.34. The fraction of sp³-hybridized carbons (Fsp3) is 1.00. The second-order valence-corrected chi connectivity index (χ2v) is 4.66. The van der Waals surface area contributed by atoms with Gasteiger partial charge in [0.15, 0.2) is 0 Å². The van der Waals surface area contributed by atoms with E-state index in [1.54, 1.807) is 0 Å². The van der Waals surface area contributed by atoms with Crippen molar-refractivity contribution in [1.29, 1.82) is 0 Å². The molecule has 0 aliphatic heterocycles. The van der Waals surface area contributed by atoms with E-state index in [1.807, 2.05) is 20.8 Å². The van der Waals surface area contributed by atoms with Crippen LogP contribution in [-0.2, 0) is 0 Å². The number of hydrogen-bond acceptors (Lipinski definition) is 1. The lowest BCUT2D eigenvalue weighted by Gasteiger charge is -2.39. The van der Waals surface area contributed by atoms with Crippen molar-refractivity contribution < 1.29 is 5.11 Å². The molecule has 1 N–H and O–H groups in total. The Hall–Kier alpha value is -0.0400. The van der Waals surface area contributed by atoms with Crippen molar-refractivity contribution in [2.45, 2.75) is 72.3 Å². The molecular weight excluding hydrogens is 160 g/mol. The van der Waals surface area contributed by atoms with Gasteiger partial charge in [-0.3, -0.25) is 0 Å². The molecule has 1 heteroatoms. The molecule has 0 radical (unpaired) electrons. The van der Waals surface area contributed by atoms with Gasteiger partial charge in [0.1, 0.15) is 0 Å². The third-order valence-corrected chi connectivity index (χ3v) is 3.39. The lowest BCUT2D eigenvalue weighted by atomic mass is 9.69. The second kappa shape index (κ2) is 4.99. The Balaban J connectivity index is 0.000000671. The summed E-state index contributed by atoms with van der Waals surface area (Å²) in [5.41, 5.74) is 0.150. The first-order valence-electron chi connectivity index (χ1n) is 5.70. The van der Waals surface area contributed by atoms with E-state index in [1.165, 1.54) is 19.3 Å². The molecule has 1 nitrogen and oxygen atoms in total. The van der Waals surface area contributed by atoms with Gasteiger partial charge >= 0.3 is 0 Å². The van der Waals surface area contributed by atoms with E-state index >= 15 is 0 Å². The van der Waals surface area contributed by atoms with Crippen LogP contribution in [0.5, 0.6) is 0 Å². The van der Waals surface area contributed by atoms with Gasteiger partial charge in [-0.05, 0) is 38.0 Å². The molecule has 0 amide bonds. The molecule has 80 valence electrons. The van der Waals surface area contributed by atoms with Crippen LogP contribution in [-0.4, -0.2) is 10.7 Å². The minimum absolute atomic E-state index is 0.366. The standard InChI is InChI=1S/C10H20O.C2H6/c1-4-9(2)5-7-10(3,11)8-6-9;1-2/h11H,4-8H2,1-3H3;1-2H3. The summed E-state index contributed by atoms with van der Waals surface area (Å²) in [4.78, 5) is 0. The Kier molecular flexibility index (Phi) is 4.98. The van der Waals surface area contributed by atoms with Gasteiger partial charge in [-0.25, -0.2) is 0 Å². The molecule has 0 aromatic rings. The summed E-state index contributed by atoms with van der Waals surface area (Å²) in [6, 6.07) is 0. The minimum Gasteiger partial charge on any atom is -0.390 e. The van der Waals surface area contributed by atoms with Crippen LogP contribution in [0.3, 0.4) is 0 Å².